The van der Waals surface area contributed by atoms with Gasteiger partial charge in [0.2, 0.25) is 0 Å². The summed E-state index contributed by atoms with van der Waals surface area (Å²) >= 11 is 12.5. The summed E-state index contributed by atoms with van der Waals surface area (Å²) in [5.74, 6) is -3.30. The molecule has 3 aromatic rings. The highest BCUT2D eigenvalue weighted by atomic mass is 35.5. The number of nitrogens with zero attached hydrogens (tertiary/aromatic N) is 3. The molecule has 2 aromatic carbocycles. The number of halogens is 6. The van der Waals surface area contributed by atoms with Gasteiger partial charge in [-0.3, -0.25) is 19.1 Å². The van der Waals surface area contributed by atoms with Crippen LogP contribution in [0.15, 0.2) is 42.6 Å². The molecule has 43 heavy (non-hydrogen) atoms. The SMILES string of the molecule is COc1cc(Cl)c(C(=O)CN(Cc2ccc(F)cc2)C(=O)c2cnn([C@H]3CC[C@H](CC(=O)O)CC3)c2C(F)(F)F)c(Cl)c1. The van der Waals surface area contributed by atoms with Crippen molar-refractivity contribution < 1.29 is 41.8 Å². The second kappa shape index (κ2) is 13.3. The summed E-state index contributed by atoms with van der Waals surface area (Å²) in [6, 6.07) is 6.91. The largest absolute Gasteiger partial charge is 0.497 e. The number of hydrogen-bond acceptors (Lipinski definition) is 5. The van der Waals surface area contributed by atoms with E-state index in [4.69, 9.17) is 33.0 Å². The van der Waals surface area contributed by atoms with Gasteiger partial charge in [0.15, 0.2) is 11.5 Å². The van der Waals surface area contributed by atoms with Crippen molar-refractivity contribution in [2.75, 3.05) is 13.7 Å². The number of carbonyl (C=O) groups is 3. The van der Waals surface area contributed by atoms with Crippen LogP contribution in [0.4, 0.5) is 17.6 Å². The molecule has 0 saturated heterocycles. The lowest BCUT2D eigenvalue weighted by molar-refractivity contribution is -0.145. The van der Waals surface area contributed by atoms with Gasteiger partial charge < -0.3 is 14.7 Å². The Bertz CT molecular complexity index is 1480. The molecule has 0 spiro atoms. The fraction of sp³-hybridized carbons (Fsp3) is 0.379. The van der Waals surface area contributed by atoms with Crippen LogP contribution in [0.2, 0.25) is 10.0 Å². The van der Waals surface area contributed by atoms with E-state index in [1.54, 1.807) is 0 Å². The highest BCUT2D eigenvalue weighted by Gasteiger charge is 2.43. The molecule has 1 amide bonds. The molecule has 230 valence electrons. The summed E-state index contributed by atoms with van der Waals surface area (Å²) in [4.78, 5) is 39.1. The lowest BCUT2D eigenvalue weighted by Crippen LogP contribution is -2.37. The van der Waals surface area contributed by atoms with Gasteiger partial charge in [-0.05, 0) is 61.4 Å². The first-order valence-electron chi connectivity index (χ1n) is 13.2. The predicted octanol–water partition coefficient (Wildman–Crippen LogP) is 7.09. The summed E-state index contributed by atoms with van der Waals surface area (Å²) < 4.78 is 62.8. The Balaban J connectivity index is 1.68. The first kappa shape index (κ1) is 32.3. The lowest BCUT2D eigenvalue weighted by atomic mass is 9.84. The number of aromatic nitrogens is 2. The van der Waals surface area contributed by atoms with Crippen LogP contribution in [-0.2, 0) is 17.5 Å². The maximum atomic E-state index is 14.5. The summed E-state index contributed by atoms with van der Waals surface area (Å²) in [6.07, 6.45) is -2.93. The van der Waals surface area contributed by atoms with Crippen molar-refractivity contribution in [2.45, 2.75) is 50.9 Å². The number of carboxylic acids is 1. The van der Waals surface area contributed by atoms with Gasteiger partial charge in [0.05, 0.1) is 47.1 Å². The fourth-order valence-electron chi connectivity index (χ4n) is 5.29. The van der Waals surface area contributed by atoms with Crippen LogP contribution in [0.3, 0.4) is 0 Å². The van der Waals surface area contributed by atoms with Gasteiger partial charge in [-0.2, -0.15) is 18.3 Å². The number of ketones is 1. The van der Waals surface area contributed by atoms with E-state index in [-0.39, 0.29) is 53.1 Å². The third-order valence-corrected chi connectivity index (χ3v) is 7.95. The van der Waals surface area contributed by atoms with E-state index in [1.165, 1.54) is 31.4 Å². The molecule has 1 aromatic heterocycles. The highest BCUT2D eigenvalue weighted by Crippen LogP contribution is 2.40. The maximum absolute atomic E-state index is 14.5. The minimum Gasteiger partial charge on any atom is -0.497 e. The van der Waals surface area contributed by atoms with Gasteiger partial charge in [0.25, 0.3) is 5.91 Å². The van der Waals surface area contributed by atoms with Gasteiger partial charge in [-0.15, -0.1) is 0 Å². The number of carboxylic acid groups (broad SMARTS) is 1. The number of aliphatic carboxylic acids is 1. The molecule has 4 rings (SSSR count). The molecule has 0 aliphatic heterocycles. The summed E-state index contributed by atoms with van der Waals surface area (Å²) in [6.45, 7) is -1.04. The van der Waals surface area contributed by atoms with Gasteiger partial charge in [0.1, 0.15) is 11.6 Å². The van der Waals surface area contributed by atoms with Crippen LogP contribution in [0.1, 0.15) is 70.1 Å². The third-order valence-electron chi connectivity index (χ3n) is 7.36. The first-order chi connectivity index (χ1) is 20.3. The average molecular weight is 644 g/mol. The monoisotopic (exact) mass is 643 g/mol. The van der Waals surface area contributed by atoms with Crippen LogP contribution < -0.4 is 4.74 Å². The second-order valence-electron chi connectivity index (χ2n) is 10.3. The van der Waals surface area contributed by atoms with Crippen molar-refractivity contribution in [1.29, 1.82) is 0 Å². The molecule has 1 aliphatic carbocycles. The van der Waals surface area contributed by atoms with E-state index in [0.29, 0.717) is 18.4 Å². The van der Waals surface area contributed by atoms with E-state index < -0.39 is 53.5 Å². The predicted molar refractivity (Wildman–Crippen MR) is 149 cm³/mol. The van der Waals surface area contributed by atoms with Crippen molar-refractivity contribution >= 4 is 40.9 Å². The average Bonchev–Trinajstić information content (AvgIpc) is 3.39. The Morgan fingerprint density at radius 1 is 1.07 bits per heavy atom. The van der Waals surface area contributed by atoms with Crippen molar-refractivity contribution in [3.05, 3.63) is 80.8 Å². The molecule has 1 fully saturated rings. The molecule has 1 aliphatic rings. The van der Waals surface area contributed by atoms with Crippen molar-refractivity contribution in [2.24, 2.45) is 5.92 Å². The Hall–Kier alpha value is -3.64. The summed E-state index contributed by atoms with van der Waals surface area (Å²) in [7, 11) is 1.37. The number of methoxy groups -OCH3 is 1. The molecule has 14 heteroatoms. The van der Waals surface area contributed by atoms with Crippen molar-refractivity contribution in [3.8, 4) is 5.75 Å². The van der Waals surface area contributed by atoms with E-state index in [9.17, 15) is 31.9 Å². The van der Waals surface area contributed by atoms with Gasteiger partial charge in [-0.25, -0.2) is 4.39 Å². The van der Waals surface area contributed by atoms with E-state index in [0.717, 1.165) is 27.9 Å². The standard InChI is InChI=1S/C29H27Cl2F4N3O5/c1-43-20-11-22(30)26(23(31)12-20)24(39)15-37(14-17-2-6-18(32)7-3-17)28(42)21-13-36-38(27(21)29(33,34)35)19-8-4-16(5-9-19)10-25(40)41/h2-3,6-7,11-13,16,19H,4-5,8-10,14-15H2,1H3,(H,40,41)/t16-,19-. The summed E-state index contributed by atoms with van der Waals surface area (Å²) in [5.41, 5.74) is -1.82. The van der Waals surface area contributed by atoms with E-state index >= 15 is 0 Å². The number of hydrogen-bond donors (Lipinski definition) is 1. The quantitative estimate of drug-likeness (QED) is 0.187. The topological polar surface area (TPSA) is 102 Å². The van der Waals surface area contributed by atoms with E-state index in [2.05, 4.69) is 5.10 Å². The fourth-order valence-corrected chi connectivity index (χ4v) is 5.96. The lowest BCUT2D eigenvalue weighted by Gasteiger charge is -2.29. The maximum Gasteiger partial charge on any atom is 0.433 e. The van der Waals surface area contributed by atoms with Gasteiger partial charge in [-0.1, -0.05) is 35.3 Å². The van der Waals surface area contributed by atoms with Gasteiger partial charge >= 0.3 is 12.1 Å². The Kier molecular flexibility index (Phi) is 10.0. The summed E-state index contributed by atoms with van der Waals surface area (Å²) in [5, 5.41) is 12.8. The molecule has 0 unspecified atom stereocenters. The highest BCUT2D eigenvalue weighted by molar-refractivity contribution is 6.40. The van der Waals surface area contributed by atoms with Crippen LogP contribution in [0, 0.1) is 11.7 Å². The van der Waals surface area contributed by atoms with Crippen LogP contribution in [0.25, 0.3) is 0 Å². The number of ether oxygens (including phenoxy) is 1. The Morgan fingerprint density at radius 2 is 1.67 bits per heavy atom. The molecule has 8 nitrogen and oxygen atoms in total. The molecule has 1 heterocycles. The molecule has 0 radical (unpaired) electrons. The van der Waals surface area contributed by atoms with Crippen LogP contribution in [0.5, 0.6) is 5.75 Å². The second-order valence-corrected chi connectivity index (χ2v) is 11.1. The first-order valence-corrected chi connectivity index (χ1v) is 14.0. The number of amides is 1. The third kappa shape index (κ3) is 7.66. The smallest absolute Gasteiger partial charge is 0.433 e. The molecule has 0 bridgehead atoms. The molecular weight excluding hydrogens is 617 g/mol. The molecule has 1 saturated carbocycles. The number of alkyl halides is 3. The molecular formula is C29H27Cl2F4N3O5. The zero-order chi connectivity index (χ0) is 31.5. The molecule has 0 atom stereocenters. The minimum absolute atomic E-state index is 0.0731. The number of Topliss-reactive ketones (excluding diaryl/α,β-unsaturated/α-hetero) is 1. The van der Waals surface area contributed by atoms with Crippen molar-refractivity contribution in [3.63, 3.8) is 0 Å². The minimum atomic E-state index is -4.98. The van der Waals surface area contributed by atoms with E-state index in [1.807, 2.05) is 0 Å². The molecule has 1 N–H and O–H groups in total. The zero-order valence-corrected chi connectivity index (χ0v) is 24.3. The van der Waals surface area contributed by atoms with Gasteiger partial charge in [0, 0.05) is 13.0 Å². The van der Waals surface area contributed by atoms with Crippen LogP contribution >= 0.6 is 23.2 Å². The number of rotatable bonds is 10. The zero-order valence-electron chi connectivity index (χ0n) is 22.8. The Labute approximate surface area is 254 Å². The van der Waals surface area contributed by atoms with Crippen molar-refractivity contribution in [1.82, 2.24) is 14.7 Å². The normalized spacial score (nSPS) is 17.0. The van der Waals surface area contributed by atoms with Crippen LogP contribution in [-0.4, -0.2) is 51.1 Å². The Morgan fingerprint density at radius 3 is 2.21 bits per heavy atom. The number of carbonyl (C=O) groups excluding carboxylic acids is 2. The number of benzene rings is 2.